The summed E-state index contributed by atoms with van der Waals surface area (Å²) in [5, 5.41) is 12.7. The Labute approximate surface area is 119 Å². The molecule has 2 rings (SSSR count). The van der Waals surface area contributed by atoms with Crippen LogP contribution in [0.5, 0.6) is 0 Å². The van der Waals surface area contributed by atoms with Crippen LogP contribution in [-0.4, -0.2) is 16.1 Å². The van der Waals surface area contributed by atoms with Gasteiger partial charge < -0.3 is 5.32 Å². The maximum atomic E-state index is 11.9. The Balaban J connectivity index is 1.79. The van der Waals surface area contributed by atoms with Crippen molar-refractivity contribution in [1.29, 1.82) is 0 Å². The molecule has 0 spiro atoms. The van der Waals surface area contributed by atoms with E-state index in [2.05, 4.69) is 29.4 Å². The molecule has 106 valence electrons. The van der Waals surface area contributed by atoms with Gasteiger partial charge >= 0.3 is 0 Å². The minimum absolute atomic E-state index is 0.0964. The third-order valence-electron chi connectivity index (χ3n) is 3.49. The predicted octanol–water partition coefficient (Wildman–Crippen LogP) is 3.65. The van der Waals surface area contributed by atoms with E-state index in [0.717, 1.165) is 11.4 Å². The molecule has 0 bridgehead atoms. The second kappa shape index (κ2) is 6.98. The van der Waals surface area contributed by atoms with E-state index < -0.39 is 0 Å². The van der Waals surface area contributed by atoms with Crippen molar-refractivity contribution in [3.05, 3.63) is 5.01 Å². The van der Waals surface area contributed by atoms with Crippen molar-refractivity contribution in [2.75, 3.05) is 5.32 Å². The first-order valence-electron chi connectivity index (χ1n) is 7.25. The van der Waals surface area contributed by atoms with Crippen LogP contribution in [0.15, 0.2) is 0 Å². The van der Waals surface area contributed by atoms with Gasteiger partial charge in [-0.1, -0.05) is 44.4 Å². The maximum absolute atomic E-state index is 11.9. The predicted molar refractivity (Wildman–Crippen MR) is 78.3 cm³/mol. The van der Waals surface area contributed by atoms with Crippen LogP contribution in [0.25, 0.3) is 0 Å². The smallest absolute Gasteiger partial charge is 0.226 e. The summed E-state index contributed by atoms with van der Waals surface area (Å²) >= 11 is 1.50. The van der Waals surface area contributed by atoms with Gasteiger partial charge in [0.25, 0.3) is 0 Å². The van der Waals surface area contributed by atoms with Crippen molar-refractivity contribution >= 4 is 22.4 Å². The fourth-order valence-corrected chi connectivity index (χ4v) is 3.53. The van der Waals surface area contributed by atoms with Crippen molar-refractivity contribution in [3.8, 4) is 0 Å². The summed E-state index contributed by atoms with van der Waals surface area (Å²) in [5.41, 5.74) is 0. The van der Waals surface area contributed by atoms with Gasteiger partial charge in [-0.2, -0.15) is 0 Å². The first-order valence-corrected chi connectivity index (χ1v) is 8.07. The van der Waals surface area contributed by atoms with E-state index in [4.69, 9.17) is 0 Å². The summed E-state index contributed by atoms with van der Waals surface area (Å²) in [6.07, 6.45) is 7.83. The minimum Gasteiger partial charge on any atom is -0.301 e. The first-order chi connectivity index (χ1) is 9.13. The number of carbonyl (C=O) groups is 1. The second-order valence-electron chi connectivity index (χ2n) is 5.86. The van der Waals surface area contributed by atoms with Crippen molar-refractivity contribution < 1.29 is 4.79 Å². The molecule has 1 fully saturated rings. The zero-order valence-corrected chi connectivity index (χ0v) is 12.6. The van der Waals surface area contributed by atoms with Crippen molar-refractivity contribution in [1.82, 2.24) is 10.2 Å². The maximum Gasteiger partial charge on any atom is 0.226 e. The number of hydrogen-bond donors (Lipinski definition) is 1. The molecule has 0 saturated heterocycles. The Morgan fingerprint density at radius 2 is 2.05 bits per heavy atom. The highest BCUT2D eigenvalue weighted by atomic mass is 32.1. The molecule has 1 heterocycles. The van der Waals surface area contributed by atoms with Gasteiger partial charge in [-0.3, -0.25) is 4.79 Å². The van der Waals surface area contributed by atoms with E-state index in [1.165, 1.54) is 43.4 Å². The van der Waals surface area contributed by atoms with Gasteiger partial charge in [-0.15, -0.1) is 10.2 Å². The Kier molecular flexibility index (Phi) is 5.31. The molecule has 0 unspecified atom stereocenters. The van der Waals surface area contributed by atoms with E-state index >= 15 is 0 Å². The Bertz CT molecular complexity index is 411. The molecule has 1 saturated carbocycles. The summed E-state index contributed by atoms with van der Waals surface area (Å²) < 4.78 is 0. The molecular formula is C14H23N3OS. The first kappa shape index (κ1) is 14.4. The number of rotatable bonds is 5. The summed E-state index contributed by atoms with van der Waals surface area (Å²) in [5.74, 6) is 1.23. The standard InChI is InChI=1S/C14H23N3OS/c1-10(2)8-13-16-17-14(19-13)15-12(18)9-11-6-4-3-5-7-11/h10-11H,3-9H2,1-2H3,(H,15,17,18). The van der Waals surface area contributed by atoms with Crippen molar-refractivity contribution in [2.24, 2.45) is 11.8 Å². The molecule has 1 aromatic rings. The van der Waals surface area contributed by atoms with Gasteiger partial charge in [0.1, 0.15) is 5.01 Å². The molecular weight excluding hydrogens is 258 g/mol. The number of nitrogens with one attached hydrogen (secondary N) is 1. The highest BCUT2D eigenvalue weighted by Crippen LogP contribution is 2.27. The number of aromatic nitrogens is 2. The van der Waals surface area contributed by atoms with Crippen molar-refractivity contribution in [2.45, 2.75) is 58.8 Å². The molecule has 1 amide bonds. The molecule has 1 aromatic heterocycles. The van der Waals surface area contributed by atoms with Gasteiger partial charge in [0, 0.05) is 12.8 Å². The lowest BCUT2D eigenvalue weighted by Gasteiger charge is -2.20. The van der Waals surface area contributed by atoms with Crippen LogP contribution < -0.4 is 5.32 Å². The zero-order chi connectivity index (χ0) is 13.7. The monoisotopic (exact) mass is 281 g/mol. The average molecular weight is 281 g/mol. The van der Waals surface area contributed by atoms with E-state index in [0.29, 0.717) is 23.4 Å². The largest absolute Gasteiger partial charge is 0.301 e. The highest BCUT2D eigenvalue weighted by Gasteiger charge is 2.18. The number of amides is 1. The van der Waals surface area contributed by atoms with E-state index in [9.17, 15) is 4.79 Å². The van der Waals surface area contributed by atoms with Gasteiger partial charge in [0.2, 0.25) is 11.0 Å². The molecule has 1 aliphatic carbocycles. The second-order valence-corrected chi connectivity index (χ2v) is 6.92. The Morgan fingerprint density at radius 3 is 2.74 bits per heavy atom. The molecule has 0 atom stereocenters. The summed E-state index contributed by atoms with van der Waals surface area (Å²) in [4.78, 5) is 11.9. The molecule has 5 heteroatoms. The Morgan fingerprint density at radius 1 is 1.32 bits per heavy atom. The van der Waals surface area contributed by atoms with Crippen LogP contribution in [0.3, 0.4) is 0 Å². The summed E-state index contributed by atoms with van der Waals surface area (Å²) in [7, 11) is 0. The molecule has 0 radical (unpaired) electrons. The molecule has 1 N–H and O–H groups in total. The number of hydrogen-bond acceptors (Lipinski definition) is 4. The number of nitrogens with zero attached hydrogens (tertiary/aromatic N) is 2. The summed E-state index contributed by atoms with van der Waals surface area (Å²) in [6, 6.07) is 0. The van der Waals surface area contributed by atoms with Crippen LogP contribution >= 0.6 is 11.3 Å². The lowest BCUT2D eigenvalue weighted by Crippen LogP contribution is -2.18. The normalized spacial score (nSPS) is 16.8. The number of anilines is 1. The van der Waals surface area contributed by atoms with Gasteiger partial charge in [-0.25, -0.2) is 0 Å². The lowest BCUT2D eigenvalue weighted by molar-refractivity contribution is -0.117. The van der Waals surface area contributed by atoms with Gasteiger partial charge in [0.15, 0.2) is 0 Å². The van der Waals surface area contributed by atoms with Crippen LogP contribution in [-0.2, 0) is 11.2 Å². The van der Waals surface area contributed by atoms with Crippen LogP contribution in [0.4, 0.5) is 5.13 Å². The third-order valence-corrected chi connectivity index (χ3v) is 4.36. The molecule has 19 heavy (non-hydrogen) atoms. The van der Waals surface area contributed by atoms with Gasteiger partial charge in [-0.05, 0) is 24.7 Å². The molecule has 0 aromatic carbocycles. The van der Waals surface area contributed by atoms with Crippen LogP contribution in [0, 0.1) is 11.8 Å². The van der Waals surface area contributed by atoms with Crippen LogP contribution in [0.1, 0.15) is 57.4 Å². The summed E-state index contributed by atoms with van der Waals surface area (Å²) in [6.45, 7) is 4.31. The quantitative estimate of drug-likeness (QED) is 0.896. The minimum atomic E-state index is 0.0964. The zero-order valence-electron chi connectivity index (χ0n) is 11.8. The fourth-order valence-electron chi connectivity index (χ4n) is 2.56. The SMILES string of the molecule is CC(C)Cc1nnc(NC(=O)CC2CCCCC2)s1. The average Bonchev–Trinajstić information content (AvgIpc) is 2.76. The fraction of sp³-hybridized carbons (Fsp3) is 0.786. The van der Waals surface area contributed by atoms with Crippen LogP contribution in [0.2, 0.25) is 0 Å². The third kappa shape index (κ3) is 4.90. The molecule has 4 nitrogen and oxygen atoms in total. The lowest BCUT2D eigenvalue weighted by atomic mass is 9.87. The van der Waals surface area contributed by atoms with Gasteiger partial charge in [0.05, 0.1) is 0 Å². The Hall–Kier alpha value is -0.970. The molecule has 1 aliphatic rings. The topological polar surface area (TPSA) is 54.9 Å². The molecule has 0 aliphatic heterocycles. The highest BCUT2D eigenvalue weighted by molar-refractivity contribution is 7.15. The van der Waals surface area contributed by atoms with E-state index in [-0.39, 0.29) is 5.91 Å². The van der Waals surface area contributed by atoms with E-state index in [1.807, 2.05) is 0 Å². The van der Waals surface area contributed by atoms with Crippen molar-refractivity contribution in [3.63, 3.8) is 0 Å². The van der Waals surface area contributed by atoms with E-state index in [1.54, 1.807) is 0 Å². The number of carbonyl (C=O) groups excluding carboxylic acids is 1.